The molecule has 0 fully saturated rings. The van der Waals surface area contributed by atoms with Crippen molar-refractivity contribution < 1.29 is 0 Å². The van der Waals surface area contributed by atoms with E-state index in [2.05, 4.69) is 61.7 Å². The van der Waals surface area contributed by atoms with E-state index >= 15 is 0 Å². The van der Waals surface area contributed by atoms with E-state index in [9.17, 15) is 0 Å². The Morgan fingerprint density at radius 3 is 2.76 bits per heavy atom. The van der Waals surface area contributed by atoms with Gasteiger partial charge in [0.15, 0.2) is 11.6 Å². The number of aromatic nitrogens is 4. The van der Waals surface area contributed by atoms with Gasteiger partial charge in [-0.2, -0.15) is 0 Å². The van der Waals surface area contributed by atoms with Crippen LogP contribution in [0.25, 0.3) is 11.6 Å². The second-order valence-electron chi connectivity index (χ2n) is 3.48. The van der Waals surface area contributed by atoms with Gasteiger partial charge in [-0.05, 0) is 35.9 Å². The first-order valence-electron chi connectivity index (χ1n) is 5.56. The zero-order chi connectivity index (χ0) is 12.3. The highest BCUT2D eigenvalue weighted by Crippen LogP contribution is 2.22. The Kier molecular flexibility index (Phi) is 3.93. The number of halogens is 1. The van der Waals surface area contributed by atoms with Crippen LogP contribution in [0.1, 0.15) is 19.5 Å². The van der Waals surface area contributed by atoms with Gasteiger partial charge in [0, 0.05) is 18.9 Å². The number of anilines is 1. The monoisotopic (exact) mass is 343 g/mol. The van der Waals surface area contributed by atoms with Gasteiger partial charge >= 0.3 is 0 Å². The predicted molar refractivity (Wildman–Crippen MR) is 75.9 cm³/mol. The van der Waals surface area contributed by atoms with Gasteiger partial charge in [-0.3, -0.25) is 0 Å². The molecule has 0 spiro atoms. The van der Waals surface area contributed by atoms with Crippen molar-refractivity contribution >= 4 is 28.4 Å². The number of nitrogens with zero attached hydrogens (tertiary/aromatic N) is 3. The molecule has 2 rings (SSSR count). The van der Waals surface area contributed by atoms with Gasteiger partial charge in [0.05, 0.1) is 9.26 Å². The van der Waals surface area contributed by atoms with Crippen molar-refractivity contribution in [1.82, 2.24) is 19.9 Å². The smallest absolute Gasteiger partial charge is 0.197 e. The summed E-state index contributed by atoms with van der Waals surface area (Å²) in [7, 11) is 0. The maximum Gasteiger partial charge on any atom is 0.197 e. The highest BCUT2D eigenvalue weighted by Gasteiger charge is 2.12. The minimum absolute atomic E-state index is 0.642. The number of imidazole rings is 1. The topological polar surface area (TPSA) is 66.5 Å². The van der Waals surface area contributed by atoms with E-state index in [0.717, 1.165) is 28.0 Å². The van der Waals surface area contributed by atoms with Crippen molar-refractivity contribution in [2.75, 3.05) is 11.9 Å². The van der Waals surface area contributed by atoms with E-state index in [-0.39, 0.29) is 0 Å². The summed E-state index contributed by atoms with van der Waals surface area (Å²) in [5.74, 6) is 2.23. The molecule has 2 N–H and O–H groups in total. The largest absolute Gasteiger partial charge is 0.369 e. The van der Waals surface area contributed by atoms with E-state index in [1.165, 1.54) is 0 Å². The summed E-state index contributed by atoms with van der Waals surface area (Å²) in [4.78, 5) is 16.2. The Balaban J connectivity index is 2.50. The predicted octanol–water partition coefficient (Wildman–Crippen LogP) is 2.47. The van der Waals surface area contributed by atoms with E-state index in [1.807, 2.05) is 0 Å². The normalized spacial score (nSPS) is 10.5. The SMILES string of the molecule is CCNc1nc(-c2ncc[nH]2)nc(CC)c1I. The molecule has 0 aliphatic rings. The molecule has 90 valence electrons. The van der Waals surface area contributed by atoms with Gasteiger partial charge < -0.3 is 10.3 Å². The molecule has 0 aromatic carbocycles. The Morgan fingerprint density at radius 2 is 2.18 bits per heavy atom. The lowest BCUT2D eigenvalue weighted by Gasteiger charge is -2.10. The third-order valence-corrected chi connectivity index (χ3v) is 3.44. The lowest BCUT2D eigenvalue weighted by molar-refractivity contribution is 0.972. The summed E-state index contributed by atoms with van der Waals surface area (Å²) in [6.45, 7) is 4.98. The molecular formula is C11H14IN5. The summed E-state index contributed by atoms with van der Waals surface area (Å²) in [6, 6.07) is 0. The van der Waals surface area contributed by atoms with Crippen LogP contribution in [0.4, 0.5) is 5.82 Å². The van der Waals surface area contributed by atoms with Crippen molar-refractivity contribution in [2.45, 2.75) is 20.3 Å². The van der Waals surface area contributed by atoms with Crippen LogP contribution in [0.15, 0.2) is 12.4 Å². The number of rotatable bonds is 4. The molecule has 0 radical (unpaired) electrons. The minimum Gasteiger partial charge on any atom is -0.369 e. The Morgan fingerprint density at radius 1 is 1.35 bits per heavy atom. The molecule has 2 heterocycles. The zero-order valence-corrected chi connectivity index (χ0v) is 11.9. The van der Waals surface area contributed by atoms with Gasteiger partial charge in [-0.25, -0.2) is 15.0 Å². The van der Waals surface area contributed by atoms with E-state index < -0.39 is 0 Å². The molecule has 2 aromatic rings. The third-order valence-electron chi connectivity index (χ3n) is 2.31. The van der Waals surface area contributed by atoms with Crippen molar-refractivity contribution in [3.8, 4) is 11.6 Å². The van der Waals surface area contributed by atoms with Crippen LogP contribution in [0.2, 0.25) is 0 Å². The lowest BCUT2D eigenvalue weighted by Crippen LogP contribution is -2.08. The Labute approximate surface area is 114 Å². The summed E-state index contributed by atoms with van der Waals surface area (Å²) < 4.78 is 1.09. The fraction of sp³-hybridized carbons (Fsp3) is 0.364. The summed E-state index contributed by atoms with van der Waals surface area (Å²) in [6.07, 6.45) is 4.36. The molecule has 5 nitrogen and oxygen atoms in total. The van der Waals surface area contributed by atoms with Crippen LogP contribution in [0.5, 0.6) is 0 Å². The highest BCUT2D eigenvalue weighted by molar-refractivity contribution is 14.1. The molecule has 0 unspecified atom stereocenters. The maximum atomic E-state index is 4.52. The number of hydrogen-bond acceptors (Lipinski definition) is 4. The molecule has 17 heavy (non-hydrogen) atoms. The number of aromatic amines is 1. The number of hydrogen-bond donors (Lipinski definition) is 2. The Bertz CT molecular complexity index is 495. The third kappa shape index (κ3) is 2.56. The second-order valence-corrected chi connectivity index (χ2v) is 4.56. The average Bonchev–Trinajstić information content (AvgIpc) is 2.85. The number of aryl methyl sites for hydroxylation is 1. The molecule has 0 atom stereocenters. The summed E-state index contributed by atoms with van der Waals surface area (Å²) in [5.41, 5.74) is 1.04. The lowest BCUT2D eigenvalue weighted by atomic mass is 10.3. The maximum absolute atomic E-state index is 4.52. The highest BCUT2D eigenvalue weighted by atomic mass is 127. The van der Waals surface area contributed by atoms with Crippen molar-refractivity contribution in [1.29, 1.82) is 0 Å². The van der Waals surface area contributed by atoms with Crippen LogP contribution >= 0.6 is 22.6 Å². The fourth-order valence-electron chi connectivity index (χ4n) is 1.51. The molecule has 0 aliphatic heterocycles. The van der Waals surface area contributed by atoms with Gasteiger partial charge in [-0.1, -0.05) is 6.92 Å². The van der Waals surface area contributed by atoms with E-state index in [1.54, 1.807) is 12.4 Å². The molecule has 0 saturated heterocycles. The fourth-order valence-corrected chi connectivity index (χ4v) is 2.32. The van der Waals surface area contributed by atoms with Crippen LogP contribution < -0.4 is 5.32 Å². The first kappa shape index (κ1) is 12.3. The van der Waals surface area contributed by atoms with Crippen LogP contribution in [0.3, 0.4) is 0 Å². The van der Waals surface area contributed by atoms with Crippen LogP contribution in [-0.2, 0) is 6.42 Å². The summed E-state index contributed by atoms with van der Waals surface area (Å²) in [5, 5.41) is 3.25. The summed E-state index contributed by atoms with van der Waals surface area (Å²) >= 11 is 2.28. The minimum atomic E-state index is 0.642. The van der Waals surface area contributed by atoms with E-state index in [0.29, 0.717) is 11.6 Å². The molecular weight excluding hydrogens is 329 g/mol. The molecule has 2 aromatic heterocycles. The van der Waals surface area contributed by atoms with Gasteiger partial charge in [0.25, 0.3) is 0 Å². The van der Waals surface area contributed by atoms with Gasteiger partial charge in [0.2, 0.25) is 0 Å². The van der Waals surface area contributed by atoms with E-state index in [4.69, 9.17) is 0 Å². The number of H-pyrrole nitrogens is 1. The van der Waals surface area contributed by atoms with Crippen molar-refractivity contribution in [3.05, 3.63) is 21.7 Å². The standard InChI is InChI=1S/C11H14IN5/c1-3-7-8(12)9(13-4-2)17-11(16-7)10-14-5-6-15-10/h5-6H,3-4H2,1-2H3,(H,14,15)(H,13,16,17). The van der Waals surface area contributed by atoms with Crippen molar-refractivity contribution in [3.63, 3.8) is 0 Å². The van der Waals surface area contributed by atoms with Gasteiger partial charge in [-0.15, -0.1) is 0 Å². The molecule has 0 amide bonds. The molecule has 0 aliphatic carbocycles. The Hall–Kier alpha value is -1.18. The molecule has 6 heteroatoms. The first-order chi connectivity index (χ1) is 8.26. The van der Waals surface area contributed by atoms with Gasteiger partial charge in [0.1, 0.15) is 5.82 Å². The average molecular weight is 343 g/mol. The van der Waals surface area contributed by atoms with Crippen molar-refractivity contribution in [2.24, 2.45) is 0 Å². The molecule has 0 bridgehead atoms. The zero-order valence-electron chi connectivity index (χ0n) is 9.79. The number of nitrogens with one attached hydrogen (secondary N) is 2. The van der Waals surface area contributed by atoms with Crippen LogP contribution in [0, 0.1) is 3.57 Å². The quantitative estimate of drug-likeness (QED) is 0.837. The first-order valence-corrected chi connectivity index (χ1v) is 6.64. The van der Waals surface area contributed by atoms with Crippen LogP contribution in [-0.4, -0.2) is 26.5 Å². The molecule has 0 saturated carbocycles. The second kappa shape index (κ2) is 5.44.